The molecule has 0 aliphatic rings. The number of hydrogen-bond acceptors (Lipinski definition) is 3. The zero-order valence-corrected chi connectivity index (χ0v) is 12.4. The highest BCUT2D eigenvalue weighted by Gasteiger charge is 2.04. The molecule has 5 heteroatoms. The average Bonchev–Trinajstić information content (AvgIpc) is 2.72. The molecule has 1 aromatic carbocycles. The van der Waals surface area contributed by atoms with E-state index in [1.807, 2.05) is 17.7 Å². The number of aromatic nitrogens is 3. The van der Waals surface area contributed by atoms with Crippen molar-refractivity contribution in [1.82, 2.24) is 14.8 Å². The second kappa shape index (κ2) is 6.02. The summed E-state index contributed by atoms with van der Waals surface area (Å²) in [7, 11) is 3.64. The van der Waals surface area contributed by atoms with Crippen molar-refractivity contribution >= 4 is 12.2 Å². The summed E-state index contributed by atoms with van der Waals surface area (Å²) < 4.78 is 7.82. The van der Waals surface area contributed by atoms with E-state index < -0.39 is 0 Å². The van der Waals surface area contributed by atoms with Crippen LogP contribution in [0.3, 0.4) is 0 Å². The molecule has 1 heterocycles. The molecule has 0 unspecified atom stereocenters. The van der Waals surface area contributed by atoms with Gasteiger partial charge < -0.3 is 9.30 Å². The van der Waals surface area contributed by atoms with E-state index in [0.29, 0.717) is 4.77 Å². The molecule has 1 aromatic heterocycles. The molecule has 0 bridgehead atoms. The van der Waals surface area contributed by atoms with Gasteiger partial charge in [-0.3, -0.25) is 5.10 Å². The van der Waals surface area contributed by atoms with Gasteiger partial charge in [0.25, 0.3) is 0 Å². The van der Waals surface area contributed by atoms with Crippen LogP contribution < -0.4 is 4.74 Å². The number of nitrogens with one attached hydrogen (secondary N) is 1. The number of hydrogen-bond donors (Lipinski definition) is 1. The van der Waals surface area contributed by atoms with Crippen molar-refractivity contribution in [2.45, 2.75) is 26.2 Å². The van der Waals surface area contributed by atoms with Crippen LogP contribution in [0.4, 0.5) is 0 Å². The number of benzene rings is 1. The Morgan fingerprint density at radius 3 is 2.74 bits per heavy atom. The monoisotopic (exact) mass is 277 g/mol. The highest BCUT2D eigenvalue weighted by atomic mass is 32.1. The largest absolute Gasteiger partial charge is 0.497 e. The van der Waals surface area contributed by atoms with E-state index in [2.05, 4.69) is 29.3 Å². The number of aromatic amines is 1. The lowest BCUT2D eigenvalue weighted by molar-refractivity contribution is 0.414. The molecular weight excluding hydrogens is 258 g/mol. The van der Waals surface area contributed by atoms with E-state index in [1.54, 1.807) is 7.11 Å². The number of methoxy groups -OCH3 is 1. The van der Waals surface area contributed by atoms with E-state index in [1.165, 1.54) is 11.1 Å². The molecule has 1 N–H and O–H groups in total. The first-order chi connectivity index (χ1) is 9.11. The van der Waals surface area contributed by atoms with Crippen LogP contribution in [0.5, 0.6) is 5.75 Å². The molecule has 0 atom stereocenters. The van der Waals surface area contributed by atoms with Crippen molar-refractivity contribution < 1.29 is 4.74 Å². The summed E-state index contributed by atoms with van der Waals surface area (Å²) in [5.41, 5.74) is 2.63. The SMILES string of the molecule is COc1ccc(CCCc2n[nH]c(=S)n2C)c(C)c1. The van der Waals surface area contributed by atoms with Gasteiger partial charge in [0.15, 0.2) is 4.77 Å². The molecular formula is C14H19N3OS. The highest BCUT2D eigenvalue weighted by Crippen LogP contribution is 2.18. The molecule has 102 valence electrons. The van der Waals surface area contributed by atoms with Gasteiger partial charge >= 0.3 is 0 Å². The van der Waals surface area contributed by atoms with Gasteiger partial charge in [0, 0.05) is 13.5 Å². The summed E-state index contributed by atoms with van der Waals surface area (Å²) in [6.07, 6.45) is 3.02. The van der Waals surface area contributed by atoms with Crippen LogP contribution in [0, 0.1) is 11.7 Å². The maximum absolute atomic E-state index is 5.21. The van der Waals surface area contributed by atoms with Crippen molar-refractivity contribution in [3.8, 4) is 5.75 Å². The van der Waals surface area contributed by atoms with E-state index in [-0.39, 0.29) is 0 Å². The lowest BCUT2D eigenvalue weighted by Gasteiger charge is -2.08. The molecule has 0 amide bonds. The summed E-state index contributed by atoms with van der Waals surface area (Å²) in [6.45, 7) is 2.12. The Bertz CT molecular complexity index is 615. The average molecular weight is 277 g/mol. The third-order valence-corrected chi connectivity index (χ3v) is 3.73. The molecule has 0 saturated carbocycles. The normalized spacial score (nSPS) is 10.7. The molecule has 0 spiro atoms. The molecule has 2 aromatic rings. The standard InChI is InChI=1S/C14H19N3OS/c1-10-9-12(18-3)8-7-11(10)5-4-6-13-15-16-14(19)17(13)2/h7-9H,4-6H2,1-3H3,(H,16,19). The highest BCUT2D eigenvalue weighted by molar-refractivity contribution is 7.71. The zero-order chi connectivity index (χ0) is 13.8. The molecule has 0 saturated heterocycles. The maximum atomic E-state index is 5.21. The van der Waals surface area contributed by atoms with Gasteiger partial charge in [-0.2, -0.15) is 5.10 Å². The Morgan fingerprint density at radius 2 is 2.16 bits per heavy atom. The first kappa shape index (κ1) is 13.8. The molecule has 0 aliphatic heterocycles. The molecule has 0 fully saturated rings. The Balaban J connectivity index is 1.96. The topological polar surface area (TPSA) is 42.8 Å². The second-order valence-electron chi connectivity index (χ2n) is 4.65. The van der Waals surface area contributed by atoms with Gasteiger partial charge in [-0.05, 0) is 55.2 Å². The van der Waals surface area contributed by atoms with Crippen molar-refractivity contribution in [3.63, 3.8) is 0 Å². The van der Waals surface area contributed by atoms with E-state index in [4.69, 9.17) is 17.0 Å². The van der Waals surface area contributed by atoms with Crippen LogP contribution in [0.1, 0.15) is 23.4 Å². The van der Waals surface area contributed by atoms with Gasteiger partial charge in [0.2, 0.25) is 0 Å². The van der Waals surface area contributed by atoms with Crippen molar-refractivity contribution in [2.24, 2.45) is 7.05 Å². The molecule has 2 rings (SSSR count). The molecule has 4 nitrogen and oxygen atoms in total. The predicted octanol–water partition coefficient (Wildman–Crippen LogP) is 2.97. The maximum Gasteiger partial charge on any atom is 0.194 e. The Morgan fingerprint density at radius 1 is 1.37 bits per heavy atom. The Labute approximate surface area is 118 Å². The summed E-state index contributed by atoms with van der Waals surface area (Å²) in [5, 5.41) is 7.03. The quantitative estimate of drug-likeness (QED) is 0.854. The summed E-state index contributed by atoms with van der Waals surface area (Å²) >= 11 is 5.10. The van der Waals surface area contributed by atoms with Gasteiger partial charge in [-0.1, -0.05) is 6.07 Å². The number of H-pyrrole nitrogens is 1. The van der Waals surface area contributed by atoms with Crippen LogP contribution in [0.2, 0.25) is 0 Å². The number of aryl methyl sites for hydroxylation is 3. The number of nitrogens with zero attached hydrogens (tertiary/aromatic N) is 2. The first-order valence-corrected chi connectivity index (χ1v) is 6.76. The van der Waals surface area contributed by atoms with Gasteiger partial charge in [-0.25, -0.2) is 0 Å². The van der Waals surface area contributed by atoms with Crippen LogP contribution in [0.15, 0.2) is 18.2 Å². The first-order valence-electron chi connectivity index (χ1n) is 6.35. The smallest absolute Gasteiger partial charge is 0.194 e. The molecule has 0 radical (unpaired) electrons. The fraction of sp³-hybridized carbons (Fsp3) is 0.429. The van der Waals surface area contributed by atoms with Gasteiger partial charge in [0.1, 0.15) is 11.6 Å². The summed E-state index contributed by atoms with van der Waals surface area (Å²) in [6, 6.07) is 6.22. The fourth-order valence-electron chi connectivity index (χ4n) is 2.12. The van der Waals surface area contributed by atoms with Crippen LogP contribution in [-0.2, 0) is 19.9 Å². The predicted molar refractivity (Wildman–Crippen MR) is 78.1 cm³/mol. The number of ether oxygens (including phenoxy) is 1. The molecule has 0 aliphatic carbocycles. The fourth-order valence-corrected chi connectivity index (χ4v) is 2.27. The van der Waals surface area contributed by atoms with E-state index >= 15 is 0 Å². The van der Waals surface area contributed by atoms with Gasteiger partial charge in [0.05, 0.1) is 7.11 Å². The Kier molecular flexibility index (Phi) is 4.37. The van der Waals surface area contributed by atoms with Crippen LogP contribution in [-0.4, -0.2) is 21.9 Å². The summed E-state index contributed by atoms with van der Waals surface area (Å²) in [5.74, 6) is 1.92. The minimum atomic E-state index is 0.677. The lowest BCUT2D eigenvalue weighted by atomic mass is 10.0. The second-order valence-corrected chi connectivity index (χ2v) is 5.04. The zero-order valence-electron chi connectivity index (χ0n) is 11.6. The van der Waals surface area contributed by atoms with E-state index in [9.17, 15) is 0 Å². The minimum Gasteiger partial charge on any atom is -0.497 e. The van der Waals surface area contributed by atoms with Crippen LogP contribution in [0.25, 0.3) is 0 Å². The van der Waals surface area contributed by atoms with Crippen molar-refractivity contribution in [2.75, 3.05) is 7.11 Å². The third-order valence-electron chi connectivity index (χ3n) is 3.37. The van der Waals surface area contributed by atoms with Crippen molar-refractivity contribution in [3.05, 3.63) is 39.9 Å². The van der Waals surface area contributed by atoms with E-state index in [0.717, 1.165) is 30.8 Å². The van der Waals surface area contributed by atoms with Crippen molar-refractivity contribution in [1.29, 1.82) is 0 Å². The van der Waals surface area contributed by atoms with Gasteiger partial charge in [-0.15, -0.1) is 0 Å². The summed E-state index contributed by atoms with van der Waals surface area (Å²) in [4.78, 5) is 0. The third kappa shape index (κ3) is 3.23. The number of rotatable bonds is 5. The molecule has 19 heavy (non-hydrogen) atoms. The van der Waals surface area contributed by atoms with Crippen LogP contribution >= 0.6 is 12.2 Å². The Hall–Kier alpha value is -1.62. The minimum absolute atomic E-state index is 0.677. The lowest BCUT2D eigenvalue weighted by Crippen LogP contribution is -2.00.